The number of esters is 1. The van der Waals surface area contributed by atoms with Crippen LogP contribution in [0.25, 0.3) is 6.08 Å². The normalized spacial score (nSPS) is 10.8. The van der Waals surface area contributed by atoms with Gasteiger partial charge >= 0.3 is 12.6 Å². The van der Waals surface area contributed by atoms with E-state index in [1.807, 2.05) is 0 Å². The average molecular weight is 405 g/mol. The fourth-order valence-corrected chi connectivity index (χ4v) is 2.39. The zero-order valence-electron chi connectivity index (χ0n) is 16.0. The Labute approximate surface area is 167 Å². The number of ether oxygens (including phenoxy) is 3. The summed E-state index contributed by atoms with van der Waals surface area (Å²) in [6.45, 7) is -0.680. The number of rotatable bonds is 9. The standard InChI is InChI=1S/C21H21F2NO5/c1-3-28-18-12-14(6-10-17(18)29-21(22)23)7-11-19(25)24-13-15-4-8-16(9-5-15)20(26)27-2/h4-12,21H,3,13H2,1-2H3,(H,24,25)/b11-7+. The van der Waals surface area contributed by atoms with Crippen LogP contribution >= 0.6 is 0 Å². The van der Waals surface area contributed by atoms with Crippen LogP contribution in [0.5, 0.6) is 11.5 Å². The predicted octanol–water partition coefficient (Wildman–Crippen LogP) is 3.80. The highest BCUT2D eigenvalue weighted by molar-refractivity contribution is 5.92. The molecule has 0 unspecified atom stereocenters. The second-order valence-electron chi connectivity index (χ2n) is 5.76. The van der Waals surface area contributed by atoms with Gasteiger partial charge in [0.2, 0.25) is 5.91 Å². The molecule has 0 radical (unpaired) electrons. The fraction of sp³-hybridized carbons (Fsp3) is 0.238. The molecule has 154 valence electrons. The van der Waals surface area contributed by atoms with Crippen LogP contribution in [0.2, 0.25) is 0 Å². The van der Waals surface area contributed by atoms with E-state index in [9.17, 15) is 18.4 Å². The molecule has 2 aromatic rings. The number of carbonyl (C=O) groups excluding carboxylic acids is 2. The summed E-state index contributed by atoms with van der Waals surface area (Å²) < 4.78 is 39.2. The second kappa shape index (κ2) is 10.8. The van der Waals surface area contributed by atoms with E-state index in [1.54, 1.807) is 31.2 Å². The Bertz CT molecular complexity index is 866. The summed E-state index contributed by atoms with van der Waals surface area (Å²) in [7, 11) is 1.31. The summed E-state index contributed by atoms with van der Waals surface area (Å²) in [5.74, 6) is -0.673. The average Bonchev–Trinajstić information content (AvgIpc) is 2.72. The van der Waals surface area contributed by atoms with Gasteiger partial charge in [0.1, 0.15) is 0 Å². The first-order valence-corrected chi connectivity index (χ1v) is 8.77. The Morgan fingerprint density at radius 2 is 1.83 bits per heavy atom. The maximum absolute atomic E-state index is 12.4. The molecule has 0 saturated heterocycles. The molecular formula is C21H21F2NO5. The molecule has 1 amide bonds. The molecule has 2 aromatic carbocycles. The quantitative estimate of drug-likeness (QED) is 0.507. The zero-order valence-corrected chi connectivity index (χ0v) is 16.0. The number of carbonyl (C=O) groups is 2. The van der Waals surface area contributed by atoms with Crippen LogP contribution in [0.1, 0.15) is 28.4 Å². The smallest absolute Gasteiger partial charge is 0.387 e. The molecule has 29 heavy (non-hydrogen) atoms. The number of amides is 1. The van der Waals surface area contributed by atoms with Crippen molar-refractivity contribution < 1.29 is 32.6 Å². The van der Waals surface area contributed by atoms with Crippen LogP contribution in [0.3, 0.4) is 0 Å². The van der Waals surface area contributed by atoms with E-state index in [1.165, 1.54) is 37.5 Å². The van der Waals surface area contributed by atoms with Gasteiger partial charge in [0.25, 0.3) is 0 Å². The molecule has 0 spiro atoms. The van der Waals surface area contributed by atoms with Crippen LogP contribution in [-0.4, -0.2) is 32.2 Å². The highest BCUT2D eigenvalue weighted by Crippen LogP contribution is 2.30. The van der Waals surface area contributed by atoms with E-state index in [4.69, 9.17) is 4.74 Å². The van der Waals surface area contributed by atoms with E-state index in [-0.39, 0.29) is 30.6 Å². The van der Waals surface area contributed by atoms with Crippen LogP contribution in [0.15, 0.2) is 48.5 Å². The molecule has 0 aliphatic rings. The number of hydrogen-bond acceptors (Lipinski definition) is 5. The maximum atomic E-state index is 12.4. The Balaban J connectivity index is 1.96. The van der Waals surface area contributed by atoms with Gasteiger partial charge in [-0.15, -0.1) is 0 Å². The number of benzene rings is 2. The van der Waals surface area contributed by atoms with Crippen LogP contribution in [0.4, 0.5) is 8.78 Å². The van der Waals surface area contributed by atoms with E-state index < -0.39 is 12.6 Å². The number of alkyl halides is 2. The number of nitrogens with one attached hydrogen (secondary N) is 1. The second-order valence-corrected chi connectivity index (χ2v) is 5.76. The monoisotopic (exact) mass is 405 g/mol. The molecular weight excluding hydrogens is 384 g/mol. The summed E-state index contributed by atoms with van der Waals surface area (Å²) in [5, 5.41) is 2.71. The lowest BCUT2D eigenvalue weighted by molar-refractivity contribution is -0.116. The van der Waals surface area contributed by atoms with Gasteiger partial charge in [-0.3, -0.25) is 4.79 Å². The molecule has 0 bridgehead atoms. The predicted molar refractivity (Wildman–Crippen MR) is 103 cm³/mol. The highest BCUT2D eigenvalue weighted by Gasteiger charge is 2.11. The molecule has 0 aromatic heterocycles. The topological polar surface area (TPSA) is 73.9 Å². The molecule has 0 heterocycles. The van der Waals surface area contributed by atoms with E-state index >= 15 is 0 Å². The highest BCUT2D eigenvalue weighted by atomic mass is 19.3. The Morgan fingerprint density at radius 1 is 1.10 bits per heavy atom. The minimum absolute atomic E-state index is 0.0705. The third kappa shape index (κ3) is 6.91. The van der Waals surface area contributed by atoms with Gasteiger partial charge in [-0.25, -0.2) is 4.79 Å². The molecule has 0 fully saturated rings. The van der Waals surface area contributed by atoms with E-state index in [0.717, 1.165) is 5.56 Å². The fourth-order valence-electron chi connectivity index (χ4n) is 2.39. The first-order valence-electron chi connectivity index (χ1n) is 8.77. The van der Waals surface area contributed by atoms with Crippen LogP contribution < -0.4 is 14.8 Å². The molecule has 0 atom stereocenters. The lowest BCUT2D eigenvalue weighted by atomic mass is 10.1. The van der Waals surface area contributed by atoms with Gasteiger partial charge in [-0.1, -0.05) is 18.2 Å². The summed E-state index contributed by atoms with van der Waals surface area (Å²) in [6, 6.07) is 11.1. The van der Waals surface area contributed by atoms with Gasteiger partial charge < -0.3 is 19.5 Å². The van der Waals surface area contributed by atoms with Crippen molar-refractivity contribution in [1.82, 2.24) is 5.32 Å². The van der Waals surface area contributed by atoms with Crippen molar-refractivity contribution in [3.63, 3.8) is 0 Å². The zero-order chi connectivity index (χ0) is 21.2. The summed E-state index contributed by atoms with van der Waals surface area (Å²) in [5.41, 5.74) is 1.83. The lowest BCUT2D eigenvalue weighted by Gasteiger charge is -2.11. The van der Waals surface area contributed by atoms with Crippen LogP contribution in [0, 0.1) is 0 Å². The molecule has 8 heteroatoms. The Morgan fingerprint density at radius 3 is 2.45 bits per heavy atom. The largest absolute Gasteiger partial charge is 0.490 e. The summed E-state index contributed by atoms with van der Waals surface area (Å²) in [6.07, 6.45) is 2.85. The molecule has 0 saturated carbocycles. The third-order valence-corrected chi connectivity index (χ3v) is 3.75. The molecule has 0 aliphatic heterocycles. The van der Waals surface area contributed by atoms with Crippen molar-refractivity contribution >= 4 is 18.0 Å². The van der Waals surface area contributed by atoms with Gasteiger partial charge in [0, 0.05) is 12.6 Å². The number of hydrogen-bond donors (Lipinski definition) is 1. The van der Waals surface area contributed by atoms with Gasteiger partial charge in [0.15, 0.2) is 11.5 Å². The summed E-state index contributed by atoms with van der Waals surface area (Å²) >= 11 is 0. The summed E-state index contributed by atoms with van der Waals surface area (Å²) in [4.78, 5) is 23.4. The van der Waals surface area contributed by atoms with Crippen molar-refractivity contribution in [3.8, 4) is 11.5 Å². The van der Waals surface area contributed by atoms with Crippen LogP contribution in [-0.2, 0) is 16.1 Å². The third-order valence-electron chi connectivity index (χ3n) is 3.75. The minimum atomic E-state index is -2.96. The Hall–Kier alpha value is -3.42. The van der Waals surface area contributed by atoms with Crippen molar-refractivity contribution in [2.75, 3.05) is 13.7 Å². The van der Waals surface area contributed by atoms with Crippen molar-refractivity contribution in [2.24, 2.45) is 0 Å². The Kier molecular flexibility index (Phi) is 8.14. The first-order chi connectivity index (χ1) is 13.9. The van der Waals surface area contributed by atoms with Gasteiger partial charge in [-0.2, -0.15) is 8.78 Å². The van der Waals surface area contributed by atoms with Gasteiger partial charge in [0.05, 0.1) is 19.3 Å². The molecule has 0 aliphatic carbocycles. The van der Waals surface area contributed by atoms with Crippen molar-refractivity contribution in [2.45, 2.75) is 20.1 Å². The molecule has 6 nitrogen and oxygen atoms in total. The lowest BCUT2D eigenvalue weighted by Crippen LogP contribution is -2.20. The SMILES string of the molecule is CCOc1cc(/C=C/C(=O)NCc2ccc(C(=O)OC)cc2)ccc1OC(F)F. The van der Waals surface area contributed by atoms with Crippen molar-refractivity contribution in [1.29, 1.82) is 0 Å². The number of methoxy groups -OCH3 is 1. The molecule has 1 N–H and O–H groups in total. The molecule has 2 rings (SSSR count). The minimum Gasteiger partial charge on any atom is -0.490 e. The first kappa shape index (κ1) is 21.9. The number of halogens is 2. The van der Waals surface area contributed by atoms with Crippen molar-refractivity contribution in [3.05, 3.63) is 65.2 Å². The van der Waals surface area contributed by atoms with Gasteiger partial charge in [-0.05, 0) is 48.4 Å². The van der Waals surface area contributed by atoms with E-state index in [0.29, 0.717) is 11.1 Å². The van der Waals surface area contributed by atoms with E-state index in [2.05, 4.69) is 14.8 Å². The maximum Gasteiger partial charge on any atom is 0.387 e.